The first-order chi connectivity index (χ1) is 17.2. The van der Waals surface area contributed by atoms with Crippen LogP contribution in [0.3, 0.4) is 0 Å². The van der Waals surface area contributed by atoms with Gasteiger partial charge in [0.05, 0.1) is 11.4 Å². The minimum atomic E-state index is -0.413. The molecule has 0 radical (unpaired) electrons. The highest BCUT2D eigenvalue weighted by molar-refractivity contribution is 8.18. The van der Waals surface area contributed by atoms with Gasteiger partial charge in [0.2, 0.25) is 0 Å². The van der Waals surface area contributed by atoms with Crippen LogP contribution in [-0.2, 0) is 16.1 Å². The lowest BCUT2D eigenvalue weighted by Gasteiger charge is -2.14. The molecule has 1 N–H and O–H groups in total. The SMILES string of the molecule is Cc1ccc(NC(=O)COc2ccc(/C=C3\SC(=O)N(Cc4c(Cl)cccc4Cl)C3=O)cc2)cc1C. The van der Waals surface area contributed by atoms with Crippen molar-refractivity contribution >= 4 is 63.8 Å². The lowest BCUT2D eigenvalue weighted by atomic mass is 10.1. The number of aryl methyl sites for hydroxylation is 2. The number of hydrogen-bond acceptors (Lipinski definition) is 5. The van der Waals surface area contributed by atoms with Crippen molar-refractivity contribution in [3.63, 3.8) is 0 Å². The summed E-state index contributed by atoms with van der Waals surface area (Å²) in [6.07, 6.45) is 1.63. The van der Waals surface area contributed by atoms with E-state index in [1.807, 2.05) is 32.0 Å². The number of halogens is 2. The molecule has 0 unspecified atom stereocenters. The number of imide groups is 1. The molecule has 3 aromatic carbocycles. The Bertz CT molecular complexity index is 1350. The highest BCUT2D eigenvalue weighted by Crippen LogP contribution is 2.35. The summed E-state index contributed by atoms with van der Waals surface area (Å²) in [6, 6.07) is 17.6. The van der Waals surface area contributed by atoms with Crippen LogP contribution in [0.1, 0.15) is 22.3 Å². The second-order valence-corrected chi connectivity index (χ2v) is 9.98. The second kappa shape index (κ2) is 11.2. The van der Waals surface area contributed by atoms with Crippen LogP contribution >= 0.6 is 35.0 Å². The molecule has 3 aromatic rings. The van der Waals surface area contributed by atoms with Gasteiger partial charge in [0, 0.05) is 21.3 Å². The third-order valence-electron chi connectivity index (χ3n) is 5.59. The molecule has 184 valence electrons. The molecule has 36 heavy (non-hydrogen) atoms. The molecule has 0 atom stereocenters. The summed E-state index contributed by atoms with van der Waals surface area (Å²) in [7, 11) is 0. The van der Waals surface area contributed by atoms with Crippen LogP contribution < -0.4 is 10.1 Å². The Labute approximate surface area is 223 Å². The number of nitrogens with zero attached hydrogens (tertiary/aromatic N) is 1. The maximum absolute atomic E-state index is 12.8. The van der Waals surface area contributed by atoms with E-state index in [1.165, 1.54) is 0 Å². The summed E-state index contributed by atoms with van der Waals surface area (Å²) in [5.41, 5.74) is 4.19. The first-order valence-electron chi connectivity index (χ1n) is 11.0. The van der Waals surface area contributed by atoms with Gasteiger partial charge in [-0.25, -0.2) is 0 Å². The Balaban J connectivity index is 1.36. The van der Waals surface area contributed by atoms with Crippen molar-refractivity contribution in [2.24, 2.45) is 0 Å². The zero-order chi connectivity index (χ0) is 25.8. The smallest absolute Gasteiger partial charge is 0.293 e. The van der Waals surface area contributed by atoms with Crippen molar-refractivity contribution in [3.05, 3.63) is 97.9 Å². The fourth-order valence-electron chi connectivity index (χ4n) is 3.45. The number of rotatable bonds is 7. The number of hydrogen-bond donors (Lipinski definition) is 1. The molecule has 1 saturated heterocycles. The molecule has 0 saturated carbocycles. The van der Waals surface area contributed by atoms with Crippen LogP contribution in [0.5, 0.6) is 5.75 Å². The van der Waals surface area contributed by atoms with Gasteiger partial charge in [0.1, 0.15) is 5.75 Å². The van der Waals surface area contributed by atoms with Gasteiger partial charge >= 0.3 is 0 Å². The summed E-state index contributed by atoms with van der Waals surface area (Å²) < 4.78 is 5.57. The van der Waals surface area contributed by atoms with Gasteiger partial charge in [0.25, 0.3) is 17.1 Å². The monoisotopic (exact) mass is 540 g/mol. The molecule has 1 fully saturated rings. The van der Waals surface area contributed by atoms with Crippen LogP contribution in [0.25, 0.3) is 6.08 Å². The highest BCUT2D eigenvalue weighted by atomic mass is 35.5. The number of benzene rings is 3. The first-order valence-corrected chi connectivity index (χ1v) is 12.6. The van der Waals surface area contributed by atoms with E-state index in [2.05, 4.69) is 5.32 Å². The van der Waals surface area contributed by atoms with E-state index in [0.29, 0.717) is 37.5 Å². The summed E-state index contributed by atoms with van der Waals surface area (Å²) in [4.78, 5) is 38.9. The quantitative estimate of drug-likeness (QED) is 0.331. The van der Waals surface area contributed by atoms with E-state index in [0.717, 1.165) is 27.8 Å². The van der Waals surface area contributed by atoms with Crippen LogP contribution in [0.15, 0.2) is 65.6 Å². The van der Waals surface area contributed by atoms with E-state index in [4.69, 9.17) is 27.9 Å². The third kappa shape index (κ3) is 6.10. The minimum absolute atomic E-state index is 0.00247. The normalized spacial score (nSPS) is 14.4. The van der Waals surface area contributed by atoms with Crippen molar-refractivity contribution < 1.29 is 19.1 Å². The largest absolute Gasteiger partial charge is 0.484 e. The van der Waals surface area contributed by atoms with Gasteiger partial charge in [-0.05, 0) is 84.8 Å². The summed E-state index contributed by atoms with van der Waals surface area (Å²) in [5, 5.41) is 3.20. The van der Waals surface area contributed by atoms with E-state index in [1.54, 1.807) is 48.5 Å². The fraction of sp³-hybridized carbons (Fsp3) is 0.148. The molecule has 0 aromatic heterocycles. The van der Waals surface area contributed by atoms with Gasteiger partial charge in [-0.2, -0.15) is 0 Å². The van der Waals surface area contributed by atoms with Crippen LogP contribution in [-0.4, -0.2) is 28.6 Å². The molecule has 4 rings (SSSR count). The summed E-state index contributed by atoms with van der Waals surface area (Å²) >= 11 is 13.2. The summed E-state index contributed by atoms with van der Waals surface area (Å²) in [6.45, 7) is 3.85. The molecule has 1 heterocycles. The molecule has 1 aliphatic heterocycles. The number of nitrogens with one attached hydrogen (secondary N) is 1. The molecular weight excluding hydrogens is 519 g/mol. The molecule has 1 aliphatic rings. The average Bonchev–Trinajstić information content (AvgIpc) is 3.10. The Kier molecular flexibility index (Phi) is 8.04. The Hall–Kier alpha value is -3.26. The highest BCUT2D eigenvalue weighted by Gasteiger charge is 2.35. The van der Waals surface area contributed by atoms with E-state index >= 15 is 0 Å². The number of amides is 3. The van der Waals surface area contributed by atoms with E-state index in [9.17, 15) is 14.4 Å². The number of thioether (sulfide) groups is 1. The zero-order valence-corrected chi connectivity index (χ0v) is 21.8. The Morgan fingerprint density at radius 1 is 1.00 bits per heavy atom. The fourth-order valence-corrected chi connectivity index (χ4v) is 4.81. The van der Waals surface area contributed by atoms with Crippen molar-refractivity contribution in [2.45, 2.75) is 20.4 Å². The Morgan fingerprint density at radius 3 is 2.36 bits per heavy atom. The topological polar surface area (TPSA) is 75.7 Å². The van der Waals surface area contributed by atoms with Crippen molar-refractivity contribution in [2.75, 3.05) is 11.9 Å². The maximum Gasteiger partial charge on any atom is 0.293 e. The predicted octanol–water partition coefficient (Wildman–Crippen LogP) is 6.86. The molecule has 6 nitrogen and oxygen atoms in total. The van der Waals surface area contributed by atoms with E-state index in [-0.39, 0.29) is 19.1 Å². The lowest BCUT2D eigenvalue weighted by Crippen LogP contribution is -2.27. The standard InChI is InChI=1S/C27H22Cl2N2O4S/c1-16-6-9-19(12-17(16)2)30-25(32)15-35-20-10-7-18(8-11-20)13-24-26(33)31(27(34)36-24)14-21-22(28)4-3-5-23(21)29/h3-13H,14-15H2,1-2H3,(H,30,32)/b24-13-. The molecule has 0 bridgehead atoms. The molecule has 3 amide bonds. The number of ether oxygens (including phenoxy) is 1. The summed E-state index contributed by atoms with van der Waals surface area (Å²) in [5.74, 6) is -0.178. The maximum atomic E-state index is 12.8. The second-order valence-electron chi connectivity index (χ2n) is 8.17. The first kappa shape index (κ1) is 25.8. The number of anilines is 1. The number of carbonyl (C=O) groups is 3. The van der Waals surface area contributed by atoms with E-state index < -0.39 is 11.1 Å². The van der Waals surface area contributed by atoms with Gasteiger partial charge in [0.15, 0.2) is 6.61 Å². The predicted molar refractivity (Wildman–Crippen MR) is 144 cm³/mol. The third-order valence-corrected chi connectivity index (χ3v) is 7.21. The molecule has 0 aliphatic carbocycles. The van der Waals surface area contributed by atoms with Gasteiger partial charge < -0.3 is 10.1 Å². The van der Waals surface area contributed by atoms with Crippen LogP contribution in [0.4, 0.5) is 10.5 Å². The lowest BCUT2D eigenvalue weighted by molar-refractivity contribution is -0.123. The zero-order valence-electron chi connectivity index (χ0n) is 19.5. The van der Waals surface area contributed by atoms with Crippen molar-refractivity contribution in [1.29, 1.82) is 0 Å². The van der Waals surface area contributed by atoms with Crippen LogP contribution in [0.2, 0.25) is 10.0 Å². The van der Waals surface area contributed by atoms with Gasteiger partial charge in [-0.15, -0.1) is 0 Å². The minimum Gasteiger partial charge on any atom is -0.484 e. The number of carbonyl (C=O) groups excluding carboxylic acids is 3. The molecule has 0 spiro atoms. The molecule has 9 heteroatoms. The Morgan fingerprint density at radius 2 is 1.69 bits per heavy atom. The average molecular weight is 541 g/mol. The molecular formula is C27H22Cl2N2O4S. The van der Waals surface area contributed by atoms with Crippen LogP contribution in [0, 0.1) is 13.8 Å². The van der Waals surface area contributed by atoms with Crippen molar-refractivity contribution in [1.82, 2.24) is 4.90 Å². The van der Waals surface area contributed by atoms with Crippen molar-refractivity contribution in [3.8, 4) is 5.75 Å². The van der Waals surface area contributed by atoms with Gasteiger partial charge in [-0.3, -0.25) is 19.3 Å². The van der Waals surface area contributed by atoms with Gasteiger partial charge in [-0.1, -0.05) is 47.5 Å².